The van der Waals surface area contributed by atoms with Crippen LogP contribution in [0.25, 0.3) is 11.3 Å². The molecule has 162 valence electrons. The van der Waals surface area contributed by atoms with E-state index in [0.29, 0.717) is 30.9 Å². The molecular formula is C23H26N4O4. The molecule has 1 amide bonds. The highest BCUT2D eigenvalue weighted by Gasteiger charge is 2.24. The second-order valence-corrected chi connectivity index (χ2v) is 7.78. The van der Waals surface area contributed by atoms with Crippen molar-refractivity contribution < 1.29 is 19.8 Å². The summed E-state index contributed by atoms with van der Waals surface area (Å²) in [6.45, 7) is 7.23. The fourth-order valence-electron chi connectivity index (χ4n) is 3.68. The Morgan fingerprint density at radius 3 is 2.35 bits per heavy atom. The first-order chi connectivity index (χ1) is 14.9. The second-order valence-electron chi connectivity index (χ2n) is 7.78. The normalized spacial score (nSPS) is 14.6. The van der Waals surface area contributed by atoms with Gasteiger partial charge in [-0.25, -0.2) is 4.79 Å². The van der Waals surface area contributed by atoms with Crippen molar-refractivity contribution in [1.82, 2.24) is 19.5 Å². The van der Waals surface area contributed by atoms with Crippen molar-refractivity contribution in [2.75, 3.05) is 26.2 Å². The second kappa shape index (κ2) is 8.69. The van der Waals surface area contributed by atoms with Crippen LogP contribution in [-0.4, -0.2) is 62.0 Å². The van der Waals surface area contributed by atoms with E-state index < -0.39 is 6.09 Å². The van der Waals surface area contributed by atoms with E-state index >= 15 is 0 Å². The number of carbonyl (C=O) groups excluding carboxylic acids is 1. The van der Waals surface area contributed by atoms with Crippen LogP contribution in [0.1, 0.15) is 16.8 Å². The zero-order valence-electron chi connectivity index (χ0n) is 17.7. The maximum atomic E-state index is 12.3. The predicted molar refractivity (Wildman–Crippen MR) is 116 cm³/mol. The third-order valence-corrected chi connectivity index (χ3v) is 5.50. The molecule has 1 fully saturated rings. The summed E-state index contributed by atoms with van der Waals surface area (Å²) in [5.74, 6) is -0.664. The molecule has 0 bridgehead atoms. The highest BCUT2D eigenvalue weighted by molar-refractivity contribution is 5.68. The number of benzene rings is 1. The van der Waals surface area contributed by atoms with Gasteiger partial charge in [0.2, 0.25) is 11.8 Å². The quantitative estimate of drug-likeness (QED) is 0.672. The molecule has 0 aliphatic carbocycles. The molecule has 2 aromatic heterocycles. The van der Waals surface area contributed by atoms with Gasteiger partial charge in [0, 0.05) is 56.1 Å². The van der Waals surface area contributed by atoms with Gasteiger partial charge >= 0.3 is 6.09 Å². The van der Waals surface area contributed by atoms with Crippen molar-refractivity contribution in [2.45, 2.75) is 20.4 Å². The average molecular weight is 422 g/mol. The van der Waals surface area contributed by atoms with Crippen LogP contribution in [0.15, 0.2) is 48.5 Å². The van der Waals surface area contributed by atoms with Gasteiger partial charge in [0.1, 0.15) is 0 Å². The zero-order valence-corrected chi connectivity index (χ0v) is 17.7. The van der Waals surface area contributed by atoms with Crippen molar-refractivity contribution in [1.29, 1.82) is 0 Å². The molecule has 0 unspecified atom stereocenters. The molecule has 0 radical (unpaired) electrons. The smallest absolute Gasteiger partial charge is 0.434 e. The lowest BCUT2D eigenvalue weighted by Gasteiger charge is -2.34. The third kappa shape index (κ3) is 4.64. The molecule has 3 aromatic rings. The molecule has 1 aliphatic rings. The number of amides is 1. The van der Waals surface area contributed by atoms with E-state index in [1.54, 1.807) is 4.90 Å². The van der Waals surface area contributed by atoms with E-state index in [9.17, 15) is 15.0 Å². The molecule has 3 heterocycles. The number of hydrogen-bond acceptors (Lipinski definition) is 6. The van der Waals surface area contributed by atoms with Gasteiger partial charge in [0.05, 0.1) is 5.69 Å². The van der Waals surface area contributed by atoms with E-state index in [1.807, 2.05) is 13.0 Å². The first-order valence-corrected chi connectivity index (χ1v) is 10.2. The molecule has 0 spiro atoms. The van der Waals surface area contributed by atoms with E-state index in [2.05, 4.69) is 42.2 Å². The molecule has 0 atom stereocenters. The lowest BCUT2D eigenvalue weighted by molar-refractivity contribution is 0.0555. The Morgan fingerprint density at radius 2 is 1.71 bits per heavy atom. The van der Waals surface area contributed by atoms with Crippen LogP contribution in [0.3, 0.4) is 0 Å². The third-order valence-electron chi connectivity index (χ3n) is 5.50. The maximum absolute atomic E-state index is 12.3. The molecular weight excluding hydrogens is 396 g/mol. The van der Waals surface area contributed by atoms with Crippen molar-refractivity contribution in [3.8, 4) is 23.0 Å². The van der Waals surface area contributed by atoms with Crippen LogP contribution in [-0.2, 0) is 6.54 Å². The number of piperazine rings is 1. The largest absolute Gasteiger partial charge is 0.492 e. The summed E-state index contributed by atoms with van der Waals surface area (Å²) in [6.07, 6.45) is -0.609. The summed E-state index contributed by atoms with van der Waals surface area (Å²) in [5.41, 5.74) is 5.45. The minimum absolute atomic E-state index is 0.332. The van der Waals surface area contributed by atoms with Crippen LogP contribution in [0, 0.1) is 13.8 Å². The van der Waals surface area contributed by atoms with Gasteiger partial charge < -0.3 is 20.0 Å². The van der Waals surface area contributed by atoms with Gasteiger partial charge in [0.15, 0.2) is 0 Å². The van der Waals surface area contributed by atoms with E-state index in [4.69, 9.17) is 9.82 Å². The molecule has 1 aromatic carbocycles. The van der Waals surface area contributed by atoms with E-state index in [0.717, 1.165) is 29.1 Å². The Labute approximate surface area is 180 Å². The van der Waals surface area contributed by atoms with Gasteiger partial charge in [-0.05, 0) is 31.5 Å². The average Bonchev–Trinajstić information content (AvgIpc) is 3.07. The number of aryl methyl sites for hydroxylation is 2. The first kappa shape index (κ1) is 20.7. The molecule has 1 saturated heterocycles. The van der Waals surface area contributed by atoms with Crippen molar-refractivity contribution in [2.24, 2.45) is 0 Å². The lowest BCUT2D eigenvalue weighted by Crippen LogP contribution is -2.50. The van der Waals surface area contributed by atoms with Crippen molar-refractivity contribution in [3.05, 3.63) is 65.4 Å². The Balaban J connectivity index is 1.34. The van der Waals surface area contributed by atoms with Crippen LogP contribution < -0.4 is 4.84 Å². The number of nitrogens with zero attached hydrogens (tertiary/aromatic N) is 4. The summed E-state index contributed by atoms with van der Waals surface area (Å²) >= 11 is 0. The van der Waals surface area contributed by atoms with Crippen LogP contribution in [0.2, 0.25) is 0 Å². The molecule has 8 heteroatoms. The highest BCUT2D eigenvalue weighted by atomic mass is 16.7. The van der Waals surface area contributed by atoms with Gasteiger partial charge in [-0.1, -0.05) is 29.8 Å². The summed E-state index contributed by atoms with van der Waals surface area (Å²) in [5, 5.41) is 19.2. The fourth-order valence-corrected chi connectivity index (χ4v) is 3.68. The number of aromatic nitrogens is 2. The van der Waals surface area contributed by atoms with Crippen molar-refractivity contribution >= 4 is 6.09 Å². The monoisotopic (exact) mass is 422 g/mol. The summed E-state index contributed by atoms with van der Waals surface area (Å²) in [6, 6.07) is 15.0. The van der Waals surface area contributed by atoms with Gasteiger partial charge in [-0.15, -0.1) is 4.73 Å². The summed E-state index contributed by atoms with van der Waals surface area (Å²) in [7, 11) is 0. The molecule has 0 saturated carbocycles. The minimum Gasteiger partial charge on any atom is -0.492 e. The zero-order chi connectivity index (χ0) is 22.0. The minimum atomic E-state index is -0.609. The van der Waals surface area contributed by atoms with E-state index in [1.165, 1.54) is 17.7 Å². The van der Waals surface area contributed by atoms with Crippen LogP contribution >= 0.6 is 0 Å². The molecule has 31 heavy (non-hydrogen) atoms. The number of rotatable bonds is 4. The number of carbonyl (C=O) groups is 1. The fraction of sp³-hybridized carbons (Fsp3) is 0.304. The molecule has 1 aliphatic heterocycles. The molecule has 4 rings (SSSR count). The SMILES string of the molecule is Cc1cccc(-c2ccc(CN3CCN(C(=O)On4c(O)ccc4O)CC3)c(C)n2)c1. The Hall–Kier alpha value is -3.52. The number of pyridine rings is 1. The van der Waals surface area contributed by atoms with Crippen molar-refractivity contribution in [3.63, 3.8) is 0 Å². The van der Waals surface area contributed by atoms with Crippen LogP contribution in [0.5, 0.6) is 11.8 Å². The molecule has 2 N–H and O–H groups in total. The summed E-state index contributed by atoms with van der Waals surface area (Å²) < 4.78 is 0.708. The number of aromatic hydroxyl groups is 2. The van der Waals surface area contributed by atoms with Gasteiger partial charge in [-0.3, -0.25) is 9.88 Å². The molecule has 8 nitrogen and oxygen atoms in total. The van der Waals surface area contributed by atoms with Gasteiger partial charge in [0.25, 0.3) is 0 Å². The highest BCUT2D eigenvalue weighted by Crippen LogP contribution is 2.22. The maximum Gasteiger partial charge on any atom is 0.434 e. The number of hydrogen-bond donors (Lipinski definition) is 2. The Kier molecular flexibility index (Phi) is 5.81. The summed E-state index contributed by atoms with van der Waals surface area (Å²) in [4.78, 5) is 26.0. The first-order valence-electron chi connectivity index (χ1n) is 10.2. The Morgan fingerprint density at radius 1 is 1.00 bits per heavy atom. The van der Waals surface area contributed by atoms with E-state index in [-0.39, 0.29) is 11.8 Å². The van der Waals surface area contributed by atoms with Crippen LogP contribution in [0.4, 0.5) is 4.79 Å². The van der Waals surface area contributed by atoms with Gasteiger partial charge in [-0.2, -0.15) is 0 Å². The topological polar surface area (TPSA) is 91.1 Å². The predicted octanol–water partition coefficient (Wildman–Crippen LogP) is 2.94. The standard InChI is InChI=1S/C23H26N4O4/c1-16-4-3-5-18(14-16)20-7-6-19(17(2)24-20)15-25-10-12-26(13-11-25)23(30)31-27-21(28)8-9-22(27)29/h3-9,14,28-29H,10-13,15H2,1-2H3. The lowest BCUT2D eigenvalue weighted by atomic mass is 10.1. The Bertz CT molecular complexity index is 1070.